The Hall–Kier alpha value is -1.27. The van der Waals surface area contributed by atoms with Gasteiger partial charge in [-0.1, -0.05) is 18.2 Å². The van der Waals surface area contributed by atoms with Crippen molar-refractivity contribution in [1.29, 1.82) is 0 Å². The molecular weight excluding hydrogens is 224 g/mol. The quantitative estimate of drug-likeness (QED) is 0.535. The van der Waals surface area contributed by atoms with E-state index in [2.05, 4.69) is 17.2 Å². The van der Waals surface area contributed by atoms with Crippen molar-refractivity contribution in [3.63, 3.8) is 0 Å². The molecule has 0 saturated carbocycles. The molecule has 0 aromatic rings. The smallest absolute Gasteiger partial charge is 0.337 e. The van der Waals surface area contributed by atoms with E-state index in [1.165, 1.54) is 0 Å². The van der Waals surface area contributed by atoms with Crippen LogP contribution >= 0.6 is 11.6 Å². The molecule has 0 spiro atoms. The number of aliphatic hydroxyl groups is 1. The van der Waals surface area contributed by atoms with Crippen LogP contribution in [0.4, 0.5) is 4.79 Å². The minimum atomic E-state index is -1.99. The van der Waals surface area contributed by atoms with Crippen molar-refractivity contribution in [1.82, 2.24) is 10.6 Å². The number of carbonyl (C=O) groups is 2. The highest BCUT2D eigenvalue weighted by Crippen LogP contribution is 2.00. The van der Waals surface area contributed by atoms with Crippen LogP contribution < -0.4 is 10.6 Å². The van der Waals surface area contributed by atoms with Crippen molar-refractivity contribution in [3.05, 3.63) is 11.6 Å². The second kappa shape index (κ2) is 5.57. The summed E-state index contributed by atoms with van der Waals surface area (Å²) >= 11 is 5.38. The van der Waals surface area contributed by atoms with Gasteiger partial charge in [0, 0.05) is 5.03 Å². The first-order valence-corrected chi connectivity index (χ1v) is 4.44. The van der Waals surface area contributed by atoms with Crippen LogP contribution in [-0.2, 0) is 4.79 Å². The molecule has 86 valence electrons. The number of carboxylic acids is 1. The molecule has 0 heterocycles. The van der Waals surface area contributed by atoms with E-state index < -0.39 is 24.1 Å². The fourth-order valence-corrected chi connectivity index (χ4v) is 0.634. The zero-order valence-electron chi connectivity index (χ0n) is 8.21. The number of aliphatic carboxylic acids is 1. The van der Waals surface area contributed by atoms with Gasteiger partial charge in [0.15, 0.2) is 5.60 Å². The molecular formula is C8H13ClN2O4. The van der Waals surface area contributed by atoms with Crippen molar-refractivity contribution in [3.8, 4) is 0 Å². The summed E-state index contributed by atoms with van der Waals surface area (Å²) in [7, 11) is 0. The Bertz CT molecular complexity index is 278. The van der Waals surface area contributed by atoms with E-state index in [0.29, 0.717) is 0 Å². The molecule has 0 radical (unpaired) electrons. The number of urea groups is 1. The number of hydrogen-bond acceptors (Lipinski definition) is 3. The average molecular weight is 237 g/mol. The fourth-order valence-electron chi connectivity index (χ4n) is 0.567. The SMILES string of the molecule is C=C(Cl)CNC(=O)NCC(C)(O)C(=O)O. The number of carbonyl (C=O) groups excluding carboxylic acids is 1. The molecule has 1 atom stereocenters. The normalized spacial score (nSPS) is 13.8. The summed E-state index contributed by atoms with van der Waals surface area (Å²) < 4.78 is 0. The summed E-state index contributed by atoms with van der Waals surface area (Å²) in [6, 6.07) is -0.627. The van der Waals surface area contributed by atoms with Crippen LogP contribution in [0.3, 0.4) is 0 Å². The lowest BCUT2D eigenvalue weighted by molar-refractivity contribution is -0.155. The van der Waals surface area contributed by atoms with E-state index >= 15 is 0 Å². The van der Waals surface area contributed by atoms with Gasteiger partial charge >= 0.3 is 12.0 Å². The third kappa shape index (κ3) is 5.92. The molecule has 0 aromatic carbocycles. The van der Waals surface area contributed by atoms with Gasteiger partial charge in [-0.25, -0.2) is 9.59 Å². The minimum absolute atomic E-state index is 0.0720. The molecule has 0 rings (SSSR count). The first-order valence-electron chi connectivity index (χ1n) is 4.06. The van der Waals surface area contributed by atoms with E-state index in [1.807, 2.05) is 0 Å². The van der Waals surface area contributed by atoms with Crippen LogP contribution in [0.1, 0.15) is 6.92 Å². The van der Waals surface area contributed by atoms with Crippen molar-refractivity contribution >= 4 is 23.6 Å². The van der Waals surface area contributed by atoms with Crippen molar-refractivity contribution in [2.24, 2.45) is 0 Å². The summed E-state index contributed by atoms with van der Waals surface area (Å²) in [6.45, 7) is 4.10. The Labute approximate surface area is 91.9 Å². The number of rotatable bonds is 5. The van der Waals surface area contributed by atoms with Gasteiger partial charge in [0.1, 0.15) is 0 Å². The van der Waals surface area contributed by atoms with Crippen molar-refractivity contribution < 1.29 is 19.8 Å². The van der Waals surface area contributed by atoms with Gasteiger partial charge in [-0.05, 0) is 6.92 Å². The summed E-state index contributed by atoms with van der Waals surface area (Å²) in [5, 5.41) is 22.5. The highest BCUT2D eigenvalue weighted by Gasteiger charge is 2.30. The largest absolute Gasteiger partial charge is 0.479 e. The van der Waals surface area contributed by atoms with Gasteiger partial charge < -0.3 is 20.8 Å². The van der Waals surface area contributed by atoms with Crippen LogP contribution in [0.2, 0.25) is 0 Å². The van der Waals surface area contributed by atoms with Gasteiger partial charge in [-0.2, -0.15) is 0 Å². The molecule has 0 aromatic heterocycles. The third-order valence-electron chi connectivity index (χ3n) is 1.49. The Kier molecular flexibility index (Phi) is 5.10. The van der Waals surface area contributed by atoms with Gasteiger partial charge in [-0.3, -0.25) is 0 Å². The number of amides is 2. The molecule has 0 aliphatic rings. The first-order chi connectivity index (χ1) is 6.75. The monoisotopic (exact) mass is 236 g/mol. The number of halogens is 1. The summed E-state index contributed by atoms with van der Waals surface area (Å²) in [4.78, 5) is 21.4. The fraction of sp³-hybridized carbons (Fsp3) is 0.500. The Morgan fingerprint density at radius 1 is 1.47 bits per heavy atom. The molecule has 6 nitrogen and oxygen atoms in total. The minimum Gasteiger partial charge on any atom is -0.479 e. The van der Waals surface area contributed by atoms with E-state index in [-0.39, 0.29) is 11.6 Å². The topological polar surface area (TPSA) is 98.7 Å². The molecule has 2 amide bonds. The standard InChI is InChI=1S/C8H13ClN2O4/c1-5(9)3-10-7(14)11-4-8(2,15)6(12)13/h15H,1,3-4H2,2H3,(H,12,13)(H2,10,11,14). The maximum absolute atomic E-state index is 11.0. The molecule has 0 fully saturated rings. The molecule has 1 unspecified atom stereocenters. The highest BCUT2D eigenvalue weighted by atomic mass is 35.5. The Morgan fingerprint density at radius 2 is 2.00 bits per heavy atom. The first kappa shape index (κ1) is 13.7. The molecule has 7 heteroatoms. The predicted molar refractivity (Wildman–Crippen MR) is 54.7 cm³/mol. The lowest BCUT2D eigenvalue weighted by Crippen LogP contribution is -2.49. The van der Waals surface area contributed by atoms with E-state index in [0.717, 1.165) is 6.92 Å². The number of hydrogen-bond donors (Lipinski definition) is 4. The summed E-state index contributed by atoms with van der Waals surface area (Å²) in [5.74, 6) is -1.41. The molecule has 0 bridgehead atoms. The molecule has 0 aliphatic carbocycles. The van der Waals surface area contributed by atoms with Crippen LogP contribution in [0.25, 0.3) is 0 Å². The van der Waals surface area contributed by atoms with Gasteiger partial charge in [0.25, 0.3) is 0 Å². The maximum Gasteiger partial charge on any atom is 0.337 e. The summed E-state index contributed by atoms with van der Waals surface area (Å²) in [6.07, 6.45) is 0. The molecule has 0 aliphatic heterocycles. The van der Waals surface area contributed by atoms with Crippen LogP contribution in [0.5, 0.6) is 0 Å². The van der Waals surface area contributed by atoms with Crippen molar-refractivity contribution in [2.45, 2.75) is 12.5 Å². The number of nitrogens with one attached hydrogen (secondary N) is 2. The molecule has 0 saturated heterocycles. The highest BCUT2D eigenvalue weighted by molar-refractivity contribution is 6.29. The molecule has 15 heavy (non-hydrogen) atoms. The van der Waals surface area contributed by atoms with Crippen LogP contribution in [-0.4, -0.2) is 40.9 Å². The maximum atomic E-state index is 11.0. The Balaban J connectivity index is 3.90. The van der Waals surface area contributed by atoms with Gasteiger partial charge in [0.2, 0.25) is 0 Å². The predicted octanol–water partition coefficient (Wildman–Crippen LogP) is -0.126. The Morgan fingerprint density at radius 3 is 2.40 bits per heavy atom. The lowest BCUT2D eigenvalue weighted by Gasteiger charge is -2.18. The van der Waals surface area contributed by atoms with Gasteiger partial charge in [0.05, 0.1) is 13.1 Å². The zero-order chi connectivity index (χ0) is 12.1. The van der Waals surface area contributed by atoms with Crippen LogP contribution in [0, 0.1) is 0 Å². The molecule has 4 N–H and O–H groups in total. The van der Waals surface area contributed by atoms with E-state index in [9.17, 15) is 14.7 Å². The average Bonchev–Trinajstić information content (AvgIpc) is 2.11. The van der Waals surface area contributed by atoms with Crippen LogP contribution in [0.15, 0.2) is 11.6 Å². The number of carboxylic acid groups (broad SMARTS) is 1. The van der Waals surface area contributed by atoms with E-state index in [4.69, 9.17) is 16.7 Å². The summed E-state index contributed by atoms with van der Waals surface area (Å²) in [5.41, 5.74) is -1.99. The zero-order valence-corrected chi connectivity index (χ0v) is 8.97. The second-order valence-corrected chi connectivity index (χ2v) is 3.67. The van der Waals surface area contributed by atoms with Crippen molar-refractivity contribution in [2.75, 3.05) is 13.1 Å². The third-order valence-corrected chi connectivity index (χ3v) is 1.63. The van der Waals surface area contributed by atoms with Gasteiger partial charge in [-0.15, -0.1) is 0 Å². The van der Waals surface area contributed by atoms with E-state index in [1.54, 1.807) is 0 Å². The second-order valence-electron chi connectivity index (χ2n) is 3.13. The lowest BCUT2D eigenvalue weighted by atomic mass is 10.1.